The largest absolute Gasteiger partial charge is 0.493 e. The Kier molecular flexibility index (Phi) is 5.36. The van der Waals surface area contributed by atoms with Crippen LogP contribution in [0, 0.1) is 18.3 Å². The number of rotatable bonds is 5. The van der Waals surface area contributed by atoms with Crippen molar-refractivity contribution in [3.8, 4) is 11.9 Å². The minimum atomic E-state index is -1.45. The number of pyridine rings is 1. The summed E-state index contributed by atoms with van der Waals surface area (Å²) in [5.41, 5.74) is -1.76. The first-order chi connectivity index (χ1) is 12.7. The maximum absolute atomic E-state index is 12.4. The summed E-state index contributed by atoms with van der Waals surface area (Å²) in [4.78, 5) is 34.7. The number of carboxylic acids is 2. The summed E-state index contributed by atoms with van der Waals surface area (Å²) in [7, 11) is 0. The fraction of sp³-hybridized carbons (Fsp3) is 0.176. The van der Waals surface area contributed by atoms with Crippen molar-refractivity contribution in [2.45, 2.75) is 20.4 Å². The van der Waals surface area contributed by atoms with Gasteiger partial charge in [-0.05, 0) is 32.0 Å². The molecule has 0 saturated carbocycles. The van der Waals surface area contributed by atoms with Gasteiger partial charge in [-0.15, -0.1) is 5.11 Å². The summed E-state index contributed by atoms with van der Waals surface area (Å²) >= 11 is 0. The van der Waals surface area contributed by atoms with Crippen molar-refractivity contribution in [3.05, 3.63) is 50.8 Å². The van der Waals surface area contributed by atoms with Gasteiger partial charge in [0.25, 0.3) is 5.56 Å². The molecule has 0 aliphatic heterocycles. The average Bonchev–Trinajstić information content (AvgIpc) is 2.62. The topological polar surface area (TPSA) is 165 Å². The molecule has 0 spiro atoms. The quantitative estimate of drug-likeness (QED) is 0.680. The van der Waals surface area contributed by atoms with E-state index < -0.39 is 34.5 Å². The molecule has 138 valence electrons. The van der Waals surface area contributed by atoms with Crippen molar-refractivity contribution in [2.24, 2.45) is 10.2 Å². The van der Waals surface area contributed by atoms with Gasteiger partial charge in [0, 0.05) is 12.1 Å². The Morgan fingerprint density at radius 2 is 1.81 bits per heavy atom. The highest BCUT2D eigenvalue weighted by Gasteiger charge is 2.19. The first-order valence-electron chi connectivity index (χ1n) is 7.61. The second-order valence-corrected chi connectivity index (χ2v) is 5.37. The van der Waals surface area contributed by atoms with E-state index in [2.05, 4.69) is 10.2 Å². The molecule has 0 bridgehead atoms. The number of hydrogen-bond acceptors (Lipinski definition) is 7. The molecule has 0 fully saturated rings. The number of aromatic nitrogens is 1. The van der Waals surface area contributed by atoms with Crippen molar-refractivity contribution < 1.29 is 24.9 Å². The summed E-state index contributed by atoms with van der Waals surface area (Å²) in [5.74, 6) is -3.33. The van der Waals surface area contributed by atoms with Crippen molar-refractivity contribution in [1.82, 2.24) is 4.57 Å². The van der Waals surface area contributed by atoms with E-state index in [0.717, 1.165) is 16.7 Å². The van der Waals surface area contributed by atoms with Gasteiger partial charge in [-0.1, -0.05) is 0 Å². The van der Waals surface area contributed by atoms with Gasteiger partial charge in [0.05, 0.1) is 16.8 Å². The summed E-state index contributed by atoms with van der Waals surface area (Å²) in [6.07, 6.45) is 0. The molecule has 0 unspecified atom stereocenters. The predicted octanol–water partition coefficient (Wildman–Crippen LogP) is 2.57. The molecule has 3 N–H and O–H groups in total. The molecule has 1 heterocycles. The Balaban J connectivity index is 2.62. The number of carboxylic acid groups (broad SMARTS) is 2. The zero-order chi connectivity index (χ0) is 20.3. The summed E-state index contributed by atoms with van der Waals surface area (Å²) in [5, 5.41) is 44.9. The van der Waals surface area contributed by atoms with Crippen LogP contribution in [-0.4, -0.2) is 31.8 Å². The molecule has 0 radical (unpaired) electrons. The number of aromatic carboxylic acids is 2. The predicted molar refractivity (Wildman–Crippen MR) is 92.0 cm³/mol. The fourth-order valence-corrected chi connectivity index (χ4v) is 2.42. The standard InChI is InChI=1S/C17H14N4O6/c1-3-21-14(22)12(7-18)8(2)13(15(21)23)20-19-9-4-5-10(16(24)25)11(6-9)17(26)27/h4-6,22H,3H2,1-2H3,(H,24,25)(H,26,27). The number of hydrogen-bond donors (Lipinski definition) is 3. The molecule has 0 aliphatic rings. The maximum Gasteiger partial charge on any atom is 0.336 e. The lowest BCUT2D eigenvalue weighted by Gasteiger charge is -2.10. The Morgan fingerprint density at radius 3 is 2.33 bits per heavy atom. The van der Waals surface area contributed by atoms with Crippen LogP contribution >= 0.6 is 0 Å². The number of nitriles is 1. The van der Waals surface area contributed by atoms with Crippen molar-refractivity contribution in [3.63, 3.8) is 0 Å². The molecule has 10 nitrogen and oxygen atoms in total. The van der Waals surface area contributed by atoms with Crippen molar-refractivity contribution in [2.75, 3.05) is 0 Å². The molecule has 2 aromatic rings. The van der Waals surface area contributed by atoms with E-state index in [-0.39, 0.29) is 29.0 Å². The average molecular weight is 370 g/mol. The SMILES string of the molecule is CCn1c(O)c(C#N)c(C)c(N=Nc2ccc(C(=O)O)c(C(=O)O)c2)c1=O. The van der Waals surface area contributed by atoms with Crippen LogP contribution in [0.15, 0.2) is 33.2 Å². The highest BCUT2D eigenvalue weighted by Crippen LogP contribution is 2.27. The van der Waals surface area contributed by atoms with E-state index in [4.69, 9.17) is 10.2 Å². The lowest BCUT2D eigenvalue weighted by atomic mass is 10.1. The number of azo groups is 1. The zero-order valence-electron chi connectivity index (χ0n) is 14.3. The normalized spacial score (nSPS) is 10.7. The smallest absolute Gasteiger partial charge is 0.336 e. The van der Waals surface area contributed by atoms with E-state index in [0.29, 0.717) is 0 Å². The minimum absolute atomic E-state index is 0.00540. The van der Waals surface area contributed by atoms with Gasteiger partial charge >= 0.3 is 11.9 Å². The van der Waals surface area contributed by atoms with Crippen LogP contribution < -0.4 is 5.56 Å². The van der Waals surface area contributed by atoms with Crippen LogP contribution in [0.3, 0.4) is 0 Å². The highest BCUT2D eigenvalue weighted by molar-refractivity contribution is 6.02. The van der Waals surface area contributed by atoms with E-state index in [1.165, 1.54) is 13.0 Å². The molecule has 1 aromatic carbocycles. The Labute approximate surface area is 152 Å². The van der Waals surface area contributed by atoms with Crippen molar-refractivity contribution >= 4 is 23.3 Å². The van der Waals surface area contributed by atoms with Crippen LogP contribution in [0.25, 0.3) is 0 Å². The van der Waals surface area contributed by atoms with E-state index in [1.54, 1.807) is 13.0 Å². The Morgan fingerprint density at radius 1 is 1.19 bits per heavy atom. The Bertz CT molecular complexity index is 1080. The van der Waals surface area contributed by atoms with Gasteiger partial charge in [0.2, 0.25) is 5.88 Å². The zero-order valence-corrected chi connectivity index (χ0v) is 14.3. The first kappa shape index (κ1) is 19.3. The second kappa shape index (κ2) is 7.49. The summed E-state index contributed by atoms with van der Waals surface area (Å²) in [6.45, 7) is 3.12. The number of carbonyl (C=O) groups is 2. The third-order valence-electron chi connectivity index (χ3n) is 3.81. The Hall–Kier alpha value is -4.00. The van der Waals surface area contributed by atoms with Crippen LogP contribution in [0.2, 0.25) is 0 Å². The van der Waals surface area contributed by atoms with Gasteiger partial charge in [0.1, 0.15) is 11.6 Å². The van der Waals surface area contributed by atoms with Gasteiger partial charge in [-0.2, -0.15) is 10.4 Å². The molecule has 10 heteroatoms. The number of aromatic hydroxyl groups is 1. The molecule has 2 rings (SSSR count). The van der Waals surface area contributed by atoms with Crippen LogP contribution in [0.4, 0.5) is 11.4 Å². The molecular formula is C17H14N4O6. The van der Waals surface area contributed by atoms with Crippen LogP contribution in [0.5, 0.6) is 5.88 Å². The molecule has 0 amide bonds. The lowest BCUT2D eigenvalue weighted by molar-refractivity contribution is 0.0651. The first-order valence-corrected chi connectivity index (χ1v) is 7.61. The molecule has 0 atom stereocenters. The minimum Gasteiger partial charge on any atom is -0.493 e. The van der Waals surface area contributed by atoms with Gasteiger partial charge in [-0.25, -0.2) is 9.59 Å². The molecule has 0 saturated heterocycles. The number of benzene rings is 1. The van der Waals surface area contributed by atoms with Crippen molar-refractivity contribution in [1.29, 1.82) is 5.26 Å². The van der Waals surface area contributed by atoms with E-state index in [1.807, 2.05) is 0 Å². The van der Waals surface area contributed by atoms with E-state index in [9.17, 15) is 24.8 Å². The fourth-order valence-electron chi connectivity index (χ4n) is 2.42. The van der Waals surface area contributed by atoms with Gasteiger partial charge in [-0.3, -0.25) is 9.36 Å². The van der Waals surface area contributed by atoms with Crippen LogP contribution in [-0.2, 0) is 6.54 Å². The maximum atomic E-state index is 12.4. The highest BCUT2D eigenvalue weighted by atomic mass is 16.4. The summed E-state index contributed by atoms with van der Waals surface area (Å²) < 4.78 is 0.954. The molecular weight excluding hydrogens is 356 g/mol. The second-order valence-electron chi connectivity index (χ2n) is 5.37. The van der Waals surface area contributed by atoms with Gasteiger partial charge in [0.15, 0.2) is 5.69 Å². The molecule has 1 aromatic heterocycles. The third kappa shape index (κ3) is 3.52. The summed E-state index contributed by atoms with van der Waals surface area (Å²) in [6, 6.07) is 5.10. The van der Waals surface area contributed by atoms with E-state index >= 15 is 0 Å². The molecule has 0 aliphatic carbocycles. The lowest BCUT2D eigenvalue weighted by Crippen LogP contribution is -2.20. The third-order valence-corrected chi connectivity index (χ3v) is 3.81. The molecule has 27 heavy (non-hydrogen) atoms. The van der Waals surface area contributed by atoms with Crippen LogP contribution in [0.1, 0.15) is 38.8 Å². The van der Waals surface area contributed by atoms with Gasteiger partial charge < -0.3 is 15.3 Å². The number of nitrogens with zero attached hydrogens (tertiary/aromatic N) is 4. The monoisotopic (exact) mass is 370 g/mol.